The van der Waals surface area contributed by atoms with Gasteiger partial charge in [0.2, 0.25) is 11.8 Å². The second-order valence-electron chi connectivity index (χ2n) is 7.71. The van der Waals surface area contributed by atoms with Crippen LogP contribution in [0.4, 0.5) is 30.4 Å². The zero-order valence-electron chi connectivity index (χ0n) is 17.7. The molecule has 32 heavy (non-hydrogen) atoms. The third-order valence-electron chi connectivity index (χ3n) is 5.41. The number of pyridine rings is 1. The van der Waals surface area contributed by atoms with Crippen molar-refractivity contribution in [2.45, 2.75) is 39.3 Å². The molecule has 1 aromatic carbocycles. The Morgan fingerprint density at radius 2 is 1.88 bits per heavy atom. The van der Waals surface area contributed by atoms with Crippen molar-refractivity contribution in [3.8, 4) is 0 Å². The van der Waals surface area contributed by atoms with Crippen molar-refractivity contribution >= 4 is 40.6 Å². The minimum atomic E-state index is -4.50. The lowest BCUT2D eigenvalue weighted by Gasteiger charge is -2.32. The van der Waals surface area contributed by atoms with Crippen molar-refractivity contribution in [1.82, 2.24) is 4.98 Å². The first-order valence-electron chi connectivity index (χ1n) is 10.3. The average Bonchev–Trinajstić information content (AvgIpc) is 2.75. The van der Waals surface area contributed by atoms with E-state index in [0.717, 1.165) is 17.8 Å². The Kier molecular flexibility index (Phi) is 7.28. The molecule has 6 nitrogen and oxygen atoms in total. The van der Waals surface area contributed by atoms with Gasteiger partial charge in [-0.25, -0.2) is 4.98 Å². The number of piperidine rings is 1. The van der Waals surface area contributed by atoms with Gasteiger partial charge in [0.15, 0.2) is 0 Å². The van der Waals surface area contributed by atoms with Gasteiger partial charge in [0.1, 0.15) is 5.82 Å². The highest BCUT2D eigenvalue weighted by atomic mass is 35.5. The minimum Gasteiger partial charge on any atom is -0.355 e. The number of hydrogen-bond acceptors (Lipinski definition) is 4. The quantitative estimate of drug-likeness (QED) is 0.627. The second kappa shape index (κ2) is 9.77. The van der Waals surface area contributed by atoms with E-state index in [1.54, 1.807) is 24.0 Å². The molecule has 2 heterocycles. The van der Waals surface area contributed by atoms with Gasteiger partial charge < -0.3 is 15.5 Å². The van der Waals surface area contributed by atoms with Crippen LogP contribution in [0.5, 0.6) is 0 Å². The van der Waals surface area contributed by atoms with Crippen molar-refractivity contribution < 1.29 is 22.8 Å². The van der Waals surface area contributed by atoms with Crippen LogP contribution in [-0.2, 0) is 15.8 Å². The number of carbonyl (C=O) groups is 2. The van der Waals surface area contributed by atoms with E-state index in [4.69, 9.17) is 11.6 Å². The Balaban J connectivity index is 1.62. The van der Waals surface area contributed by atoms with Crippen LogP contribution < -0.4 is 15.5 Å². The van der Waals surface area contributed by atoms with Crippen molar-refractivity contribution in [3.05, 3.63) is 46.6 Å². The zero-order valence-corrected chi connectivity index (χ0v) is 18.5. The maximum absolute atomic E-state index is 12.8. The van der Waals surface area contributed by atoms with Crippen molar-refractivity contribution in [2.75, 3.05) is 28.6 Å². The molecule has 2 aromatic rings. The second-order valence-corrected chi connectivity index (χ2v) is 8.12. The lowest BCUT2D eigenvalue weighted by Crippen LogP contribution is -2.38. The van der Waals surface area contributed by atoms with Gasteiger partial charge in [0.25, 0.3) is 0 Å². The zero-order chi connectivity index (χ0) is 23.5. The molecular weight excluding hydrogens is 445 g/mol. The molecule has 0 atom stereocenters. The van der Waals surface area contributed by atoms with Crippen LogP contribution in [0.1, 0.15) is 37.3 Å². The third-order valence-corrected chi connectivity index (χ3v) is 5.69. The number of carbonyl (C=O) groups excluding carboxylic acids is 2. The van der Waals surface area contributed by atoms with E-state index in [1.807, 2.05) is 13.0 Å². The molecule has 10 heteroatoms. The van der Waals surface area contributed by atoms with E-state index in [-0.39, 0.29) is 28.6 Å². The summed E-state index contributed by atoms with van der Waals surface area (Å²) >= 11 is 6.04. The molecule has 0 radical (unpaired) electrons. The molecule has 172 valence electrons. The number of alkyl halides is 3. The molecule has 1 fully saturated rings. The maximum atomic E-state index is 12.8. The predicted molar refractivity (Wildman–Crippen MR) is 118 cm³/mol. The first-order valence-corrected chi connectivity index (χ1v) is 10.6. The number of nitrogens with one attached hydrogen (secondary N) is 2. The average molecular weight is 469 g/mol. The van der Waals surface area contributed by atoms with Gasteiger partial charge in [-0.3, -0.25) is 9.59 Å². The van der Waals surface area contributed by atoms with Crippen LogP contribution in [0, 0.1) is 12.8 Å². The summed E-state index contributed by atoms with van der Waals surface area (Å²) in [6.45, 7) is 4.51. The molecule has 2 N–H and O–H groups in total. The summed E-state index contributed by atoms with van der Waals surface area (Å²) in [6.07, 6.45) is -2.36. The number of aromatic nitrogens is 1. The molecule has 1 aliphatic heterocycles. The van der Waals surface area contributed by atoms with E-state index in [9.17, 15) is 22.8 Å². The molecule has 0 aliphatic carbocycles. The number of aryl methyl sites for hydroxylation is 1. The molecular formula is C22H24ClF3N4O2. The van der Waals surface area contributed by atoms with Gasteiger partial charge in [-0.15, -0.1) is 0 Å². The van der Waals surface area contributed by atoms with Gasteiger partial charge in [-0.05, 0) is 43.5 Å². The first kappa shape index (κ1) is 23.8. The van der Waals surface area contributed by atoms with Gasteiger partial charge >= 0.3 is 6.18 Å². The Hall–Kier alpha value is -2.81. The number of rotatable bonds is 5. The van der Waals surface area contributed by atoms with E-state index >= 15 is 0 Å². The maximum Gasteiger partial charge on any atom is 0.417 e. The van der Waals surface area contributed by atoms with Gasteiger partial charge in [0.05, 0.1) is 10.6 Å². The van der Waals surface area contributed by atoms with Crippen LogP contribution in [0.2, 0.25) is 5.02 Å². The molecule has 0 unspecified atom stereocenters. The normalized spacial score (nSPS) is 14.9. The predicted octanol–water partition coefficient (Wildman–Crippen LogP) is 5.27. The number of hydrogen-bond donors (Lipinski definition) is 2. The summed E-state index contributed by atoms with van der Waals surface area (Å²) in [6, 6.07) is 6.19. The number of amides is 2. The summed E-state index contributed by atoms with van der Waals surface area (Å²) in [7, 11) is 0. The van der Waals surface area contributed by atoms with Crippen LogP contribution in [0.25, 0.3) is 0 Å². The van der Waals surface area contributed by atoms with E-state index in [0.29, 0.717) is 43.7 Å². The van der Waals surface area contributed by atoms with Gasteiger partial charge in [-0.2, -0.15) is 13.2 Å². The molecule has 1 saturated heterocycles. The highest BCUT2D eigenvalue weighted by Gasteiger charge is 2.33. The van der Waals surface area contributed by atoms with E-state index in [1.165, 1.54) is 0 Å². The number of halogens is 4. The summed E-state index contributed by atoms with van der Waals surface area (Å²) in [5, 5.41) is 5.63. The van der Waals surface area contributed by atoms with Crippen LogP contribution >= 0.6 is 11.6 Å². The monoisotopic (exact) mass is 468 g/mol. The van der Waals surface area contributed by atoms with Crippen LogP contribution in [0.15, 0.2) is 30.5 Å². The topological polar surface area (TPSA) is 74.3 Å². The number of benzene rings is 1. The summed E-state index contributed by atoms with van der Waals surface area (Å²) in [5.74, 6) is -0.228. The van der Waals surface area contributed by atoms with E-state index < -0.39 is 11.7 Å². The highest BCUT2D eigenvalue weighted by molar-refractivity contribution is 6.33. The molecule has 0 bridgehead atoms. The van der Waals surface area contributed by atoms with Crippen molar-refractivity contribution in [3.63, 3.8) is 0 Å². The standard InChI is InChI=1S/C22H24ClF3N4O2/c1-3-19(31)28-16-5-4-13(2)18(11-16)29-21(32)14-6-8-30(9-7-14)20-17(23)10-15(12-27-20)22(24,25)26/h4-5,10-12,14H,3,6-9H2,1-2H3,(H,28,31)(H,29,32). The number of anilines is 3. The van der Waals surface area contributed by atoms with Crippen molar-refractivity contribution in [1.29, 1.82) is 0 Å². The highest BCUT2D eigenvalue weighted by Crippen LogP contribution is 2.35. The Bertz CT molecular complexity index is 1010. The largest absolute Gasteiger partial charge is 0.417 e. The Morgan fingerprint density at radius 1 is 1.19 bits per heavy atom. The molecule has 0 saturated carbocycles. The summed E-state index contributed by atoms with van der Waals surface area (Å²) in [5.41, 5.74) is 1.20. The van der Waals surface area contributed by atoms with E-state index in [2.05, 4.69) is 15.6 Å². The van der Waals surface area contributed by atoms with Crippen LogP contribution in [-0.4, -0.2) is 29.9 Å². The molecule has 1 aliphatic rings. The fraction of sp³-hybridized carbons (Fsp3) is 0.409. The lowest BCUT2D eigenvalue weighted by atomic mass is 9.95. The Morgan fingerprint density at radius 3 is 2.47 bits per heavy atom. The molecule has 0 spiro atoms. The molecule has 2 amide bonds. The number of nitrogens with zero attached hydrogens (tertiary/aromatic N) is 2. The summed E-state index contributed by atoms with van der Waals surface area (Å²) < 4.78 is 38.5. The fourth-order valence-electron chi connectivity index (χ4n) is 3.49. The Labute approximate surface area is 189 Å². The van der Waals surface area contributed by atoms with Crippen LogP contribution in [0.3, 0.4) is 0 Å². The lowest BCUT2D eigenvalue weighted by molar-refractivity contribution is -0.137. The van der Waals surface area contributed by atoms with Crippen molar-refractivity contribution in [2.24, 2.45) is 5.92 Å². The van der Waals surface area contributed by atoms with Gasteiger partial charge in [-0.1, -0.05) is 24.6 Å². The SMILES string of the molecule is CCC(=O)Nc1ccc(C)c(NC(=O)C2CCN(c3ncc(C(F)(F)F)cc3Cl)CC2)c1. The van der Waals surface area contributed by atoms with Gasteiger partial charge in [0, 0.05) is 43.0 Å². The summed E-state index contributed by atoms with van der Waals surface area (Å²) in [4.78, 5) is 30.1. The first-order chi connectivity index (χ1) is 15.1. The minimum absolute atomic E-state index is 0.0655. The third kappa shape index (κ3) is 5.70. The molecule has 3 rings (SSSR count). The smallest absolute Gasteiger partial charge is 0.355 e. The molecule has 1 aromatic heterocycles. The fourth-order valence-corrected chi connectivity index (χ4v) is 3.78.